The molecule has 0 aromatic heterocycles. The molecule has 0 aromatic carbocycles. The van der Waals surface area contributed by atoms with Gasteiger partial charge in [-0.3, -0.25) is 4.79 Å². The van der Waals surface area contributed by atoms with Crippen molar-refractivity contribution in [2.24, 2.45) is 5.92 Å². The van der Waals surface area contributed by atoms with Crippen molar-refractivity contribution in [2.75, 3.05) is 7.05 Å². The first-order valence-corrected chi connectivity index (χ1v) is 5.11. The van der Waals surface area contributed by atoms with E-state index in [-0.39, 0.29) is 0 Å². The summed E-state index contributed by atoms with van der Waals surface area (Å²) >= 11 is 0. The number of hydrogen-bond acceptors (Lipinski definition) is 2. The third-order valence-corrected chi connectivity index (χ3v) is 2.27. The summed E-state index contributed by atoms with van der Waals surface area (Å²) in [4.78, 5) is 10.3. The molecule has 1 amide bonds. The summed E-state index contributed by atoms with van der Waals surface area (Å²) in [6, 6.07) is 0. The molecule has 0 heterocycles. The van der Waals surface area contributed by atoms with Gasteiger partial charge in [0.2, 0.25) is 6.41 Å². The lowest BCUT2D eigenvalue weighted by Crippen LogP contribution is -2.13. The number of hydrogen-bond donors (Lipinski definition) is 2. The first-order valence-electron chi connectivity index (χ1n) is 5.11. The van der Waals surface area contributed by atoms with E-state index in [9.17, 15) is 4.79 Å². The fraction of sp³-hybridized carbons (Fsp3) is 0.545. The molecule has 78 valence electrons. The van der Waals surface area contributed by atoms with Crippen molar-refractivity contribution in [1.29, 1.82) is 0 Å². The summed E-state index contributed by atoms with van der Waals surface area (Å²) in [5.41, 5.74) is 2.11. The molecular weight excluding hydrogens is 176 g/mol. The quantitative estimate of drug-likeness (QED) is 0.497. The van der Waals surface area contributed by atoms with Crippen LogP contribution in [0.3, 0.4) is 0 Å². The van der Waals surface area contributed by atoms with Crippen molar-refractivity contribution in [3.05, 3.63) is 23.5 Å². The Kier molecular flexibility index (Phi) is 4.23. The molecule has 1 aliphatic rings. The standard InChI is InChI=1S/C11H18N2O/c1-3-4-10(13-8-14)7-11(12-2)9-5-6-9/h4,7-9,12H,3,5-6H2,1-2H3,(H,13,14)/b10-4-,11-7-. The first-order chi connectivity index (χ1) is 6.81. The van der Waals surface area contributed by atoms with Crippen LogP contribution in [0, 0.1) is 5.92 Å². The maximum Gasteiger partial charge on any atom is 0.211 e. The molecule has 3 heteroatoms. The number of amides is 1. The van der Waals surface area contributed by atoms with Crippen molar-refractivity contribution < 1.29 is 4.79 Å². The van der Waals surface area contributed by atoms with E-state index in [1.807, 2.05) is 19.2 Å². The Morgan fingerprint density at radius 1 is 1.50 bits per heavy atom. The van der Waals surface area contributed by atoms with Gasteiger partial charge in [0.05, 0.1) is 0 Å². The lowest BCUT2D eigenvalue weighted by atomic mass is 10.2. The van der Waals surface area contributed by atoms with Crippen molar-refractivity contribution in [2.45, 2.75) is 26.2 Å². The van der Waals surface area contributed by atoms with Crippen LogP contribution in [0.5, 0.6) is 0 Å². The van der Waals surface area contributed by atoms with Gasteiger partial charge in [-0.1, -0.05) is 13.0 Å². The monoisotopic (exact) mass is 194 g/mol. The normalized spacial score (nSPS) is 17.9. The van der Waals surface area contributed by atoms with E-state index in [2.05, 4.69) is 17.6 Å². The molecule has 0 radical (unpaired) electrons. The van der Waals surface area contributed by atoms with Crippen LogP contribution in [0.1, 0.15) is 26.2 Å². The number of allylic oxidation sites excluding steroid dienone is 3. The van der Waals surface area contributed by atoms with Crippen molar-refractivity contribution in [3.63, 3.8) is 0 Å². The molecule has 0 saturated heterocycles. The molecule has 0 aliphatic heterocycles. The Balaban J connectivity index is 2.66. The van der Waals surface area contributed by atoms with Crippen molar-refractivity contribution >= 4 is 6.41 Å². The third kappa shape index (κ3) is 3.24. The third-order valence-electron chi connectivity index (χ3n) is 2.27. The topological polar surface area (TPSA) is 41.1 Å². The smallest absolute Gasteiger partial charge is 0.211 e. The minimum absolute atomic E-state index is 0.675. The Labute approximate surface area is 85.3 Å². The molecule has 1 aliphatic carbocycles. The van der Waals surface area contributed by atoms with Gasteiger partial charge in [0.1, 0.15) is 0 Å². The van der Waals surface area contributed by atoms with Crippen molar-refractivity contribution in [3.8, 4) is 0 Å². The van der Waals surface area contributed by atoms with Crippen molar-refractivity contribution in [1.82, 2.24) is 10.6 Å². The van der Waals surface area contributed by atoms with Crippen LogP contribution in [0.2, 0.25) is 0 Å². The number of nitrogens with one attached hydrogen (secondary N) is 2. The highest BCUT2D eigenvalue weighted by molar-refractivity contribution is 5.52. The number of rotatable bonds is 6. The highest BCUT2D eigenvalue weighted by atomic mass is 16.1. The highest BCUT2D eigenvalue weighted by Gasteiger charge is 2.25. The molecule has 2 N–H and O–H groups in total. The van der Waals surface area contributed by atoms with Crippen LogP contribution in [0.25, 0.3) is 0 Å². The summed E-state index contributed by atoms with van der Waals surface area (Å²) in [6.07, 6.45) is 8.19. The Bertz CT molecular complexity index is 252. The minimum Gasteiger partial charge on any atom is -0.391 e. The maximum absolute atomic E-state index is 10.3. The Morgan fingerprint density at radius 2 is 2.21 bits per heavy atom. The molecule has 0 atom stereocenters. The summed E-state index contributed by atoms with van der Waals surface area (Å²) < 4.78 is 0. The second-order valence-electron chi connectivity index (χ2n) is 3.45. The fourth-order valence-corrected chi connectivity index (χ4v) is 1.40. The van der Waals surface area contributed by atoms with E-state index in [0.717, 1.165) is 18.5 Å². The molecular formula is C11H18N2O. The molecule has 0 spiro atoms. The van der Waals surface area contributed by atoms with Crippen LogP contribution < -0.4 is 10.6 Å². The molecule has 1 fully saturated rings. The van der Waals surface area contributed by atoms with Gasteiger partial charge in [0.25, 0.3) is 0 Å². The molecule has 1 saturated carbocycles. The van der Waals surface area contributed by atoms with Crippen LogP contribution in [0.15, 0.2) is 23.5 Å². The van der Waals surface area contributed by atoms with Crippen LogP contribution in [-0.4, -0.2) is 13.5 Å². The van der Waals surface area contributed by atoms with E-state index in [4.69, 9.17) is 0 Å². The number of carbonyl (C=O) groups is 1. The van der Waals surface area contributed by atoms with Gasteiger partial charge in [0.15, 0.2) is 0 Å². The summed E-state index contributed by atoms with van der Waals surface area (Å²) in [5, 5.41) is 5.87. The number of carbonyl (C=O) groups excluding carboxylic acids is 1. The van der Waals surface area contributed by atoms with Gasteiger partial charge in [0, 0.05) is 18.4 Å². The van der Waals surface area contributed by atoms with E-state index in [1.165, 1.54) is 18.5 Å². The van der Waals surface area contributed by atoms with Gasteiger partial charge in [-0.15, -0.1) is 0 Å². The van der Waals surface area contributed by atoms with Crippen LogP contribution in [-0.2, 0) is 4.79 Å². The first kappa shape index (κ1) is 10.8. The van der Waals surface area contributed by atoms with E-state index in [1.54, 1.807) is 0 Å². The zero-order chi connectivity index (χ0) is 10.4. The molecule has 1 rings (SSSR count). The van der Waals surface area contributed by atoms with E-state index >= 15 is 0 Å². The average molecular weight is 194 g/mol. The second-order valence-corrected chi connectivity index (χ2v) is 3.45. The Morgan fingerprint density at radius 3 is 2.64 bits per heavy atom. The van der Waals surface area contributed by atoms with Crippen LogP contribution >= 0.6 is 0 Å². The van der Waals surface area contributed by atoms with Gasteiger partial charge in [-0.25, -0.2) is 0 Å². The van der Waals surface area contributed by atoms with Gasteiger partial charge < -0.3 is 10.6 Å². The van der Waals surface area contributed by atoms with Crippen LogP contribution in [0.4, 0.5) is 0 Å². The largest absolute Gasteiger partial charge is 0.391 e. The maximum atomic E-state index is 10.3. The molecule has 0 unspecified atom stereocenters. The molecule has 3 nitrogen and oxygen atoms in total. The average Bonchev–Trinajstić information content (AvgIpc) is 2.98. The lowest BCUT2D eigenvalue weighted by Gasteiger charge is -2.06. The summed E-state index contributed by atoms with van der Waals surface area (Å²) in [7, 11) is 1.93. The highest BCUT2D eigenvalue weighted by Crippen LogP contribution is 2.35. The van der Waals surface area contributed by atoms with E-state index < -0.39 is 0 Å². The molecule has 0 bridgehead atoms. The Hall–Kier alpha value is -1.25. The minimum atomic E-state index is 0.675. The SMILES string of the molecule is CC/C=C(/C=C(\NC)C1CC1)NC=O. The summed E-state index contributed by atoms with van der Waals surface area (Å²) in [6.45, 7) is 2.05. The van der Waals surface area contributed by atoms with Gasteiger partial charge >= 0.3 is 0 Å². The fourth-order valence-electron chi connectivity index (χ4n) is 1.40. The second kappa shape index (κ2) is 5.47. The lowest BCUT2D eigenvalue weighted by molar-refractivity contribution is -0.108. The van der Waals surface area contributed by atoms with Gasteiger partial charge in [-0.2, -0.15) is 0 Å². The predicted octanol–water partition coefficient (Wildman–Crippen LogP) is 1.54. The van der Waals surface area contributed by atoms with Gasteiger partial charge in [-0.05, 0) is 31.3 Å². The zero-order valence-electron chi connectivity index (χ0n) is 8.84. The zero-order valence-corrected chi connectivity index (χ0v) is 8.84. The molecule has 14 heavy (non-hydrogen) atoms. The van der Waals surface area contributed by atoms with E-state index in [0.29, 0.717) is 5.92 Å². The molecule has 0 aromatic rings. The predicted molar refractivity (Wildman–Crippen MR) is 57.4 cm³/mol. The summed E-state index contributed by atoms with van der Waals surface area (Å²) in [5.74, 6) is 0.675.